The highest BCUT2D eigenvalue weighted by Crippen LogP contribution is 2.14. The van der Waals surface area contributed by atoms with Crippen molar-refractivity contribution in [3.63, 3.8) is 0 Å². The van der Waals surface area contributed by atoms with Gasteiger partial charge in [0.15, 0.2) is 0 Å². The number of rotatable bonds is 4. The number of nitrogens with zero attached hydrogens (tertiary/aromatic N) is 1. The van der Waals surface area contributed by atoms with Crippen LogP contribution in [-0.2, 0) is 9.53 Å². The molecule has 0 bridgehead atoms. The molecule has 2 N–H and O–H groups in total. The molecule has 0 saturated carbocycles. The summed E-state index contributed by atoms with van der Waals surface area (Å²) < 4.78 is 5.19. The lowest BCUT2D eigenvalue weighted by atomic mass is 10.2. The van der Waals surface area contributed by atoms with Gasteiger partial charge in [0.2, 0.25) is 5.91 Å². The quantitative estimate of drug-likeness (QED) is 0.823. The Kier molecular flexibility index (Phi) is 5.89. The molecule has 6 nitrogen and oxygen atoms in total. The van der Waals surface area contributed by atoms with Crippen LogP contribution in [0.25, 0.3) is 6.08 Å². The van der Waals surface area contributed by atoms with Crippen molar-refractivity contribution in [2.24, 2.45) is 0 Å². The fourth-order valence-electron chi connectivity index (χ4n) is 1.89. The Morgan fingerprint density at radius 3 is 2.16 bits per heavy atom. The zero-order valence-corrected chi connectivity index (χ0v) is 14.4. The third kappa shape index (κ3) is 6.87. The number of nitrogens with one attached hydrogen (secondary N) is 2. The Bertz CT molecular complexity index is 748. The number of amides is 2. The molecular formula is C19H21N3O3. The summed E-state index contributed by atoms with van der Waals surface area (Å²) in [7, 11) is 0. The second-order valence-electron chi connectivity index (χ2n) is 6.31. The highest BCUT2D eigenvalue weighted by molar-refractivity contribution is 6.01. The van der Waals surface area contributed by atoms with Crippen LogP contribution in [0.5, 0.6) is 0 Å². The molecule has 2 amide bonds. The van der Waals surface area contributed by atoms with Crippen LogP contribution >= 0.6 is 0 Å². The van der Waals surface area contributed by atoms with Crippen molar-refractivity contribution in [2.45, 2.75) is 26.4 Å². The van der Waals surface area contributed by atoms with Gasteiger partial charge < -0.3 is 10.1 Å². The Balaban J connectivity index is 1.89. The molecule has 2 aromatic rings. The lowest BCUT2D eigenvalue weighted by molar-refractivity contribution is -0.111. The Morgan fingerprint density at radius 2 is 1.56 bits per heavy atom. The molecule has 1 aromatic heterocycles. The first-order valence-electron chi connectivity index (χ1n) is 7.81. The SMILES string of the molecule is CC(C)(C)OC(=O)Nc1ccc(/C=C/C(=O)Nc2ccncc2)cc1. The van der Waals surface area contributed by atoms with Gasteiger partial charge in [-0.1, -0.05) is 12.1 Å². The van der Waals surface area contributed by atoms with E-state index in [9.17, 15) is 9.59 Å². The van der Waals surface area contributed by atoms with Crippen LogP contribution in [0.4, 0.5) is 16.2 Å². The molecule has 1 aromatic carbocycles. The van der Waals surface area contributed by atoms with Crippen molar-refractivity contribution in [1.82, 2.24) is 4.98 Å². The van der Waals surface area contributed by atoms with E-state index in [0.29, 0.717) is 11.4 Å². The van der Waals surface area contributed by atoms with Crippen LogP contribution in [0.3, 0.4) is 0 Å². The van der Waals surface area contributed by atoms with E-state index in [0.717, 1.165) is 5.56 Å². The van der Waals surface area contributed by atoms with Gasteiger partial charge in [0.1, 0.15) is 5.60 Å². The first-order valence-corrected chi connectivity index (χ1v) is 7.81. The molecule has 6 heteroatoms. The van der Waals surface area contributed by atoms with E-state index < -0.39 is 11.7 Å². The summed E-state index contributed by atoms with van der Waals surface area (Å²) in [6.07, 6.45) is 5.84. The Hall–Kier alpha value is -3.15. The van der Waals surface area contributed by atoms with Crippen molar-refractivity contribution < 1.29 is 14.3 Å². The van der Waals surface area contributed by atoms with Crippen LogP contribution in [0.2, 0.25) is 0 Å². The summed E-state index contributed by atoms with van der Waals surface area (Å²) in [6, 6.07) is 10.5. The fraction of sp³-hybridized carbons (Fsp3) is 0.211. The van der Waals surface area contributed by atoms with Gasteiger partial charge in [-0.3, -0.25) is 15.1 Å². The number of carbonyl (C=O) groups excluding carboxylic acids is 2. The summed E-state index contributed by atoms with van der Waals surface area (Å²) >= 11 is 0. The molecule has 0 fully saturated rings. The molecule has 0 unspecified atom stereocenters. The lowest BCUT2D eigenvalue weighted by Gasteiger charge is -2.19. The average molecular weight is 339 g/mol. The minimum atomic E-state index is -0.547. The van der Waals surface area contributed by atoms with Crippen molar-refractivity contribution in [3.8, 4) is 0 Å². The molecule has 1 heterocycles. The normalized spacial score (nSPS) is 11.2. The molecule has 0 aliphatic carbocycles. The van der Waals surface area contributed by atoms with E-state index in [4.69, 9.17) is 4.74 Å². The topological polar surface area (TPSA) is 80.3 Å². The van der Waals surface area contributed by atoms with Gasteiger partial charge >= 0.3 is 6.09 Å². The summed E-state index contributed by atoms with van der Waals surface area (Å²) in [6.45, 7) is 5.41. The van der Waals surface area contributed by atoms with E-state index >= 15 is 0 Å². The summed E-state index contributed by atoms with van der Waals surface area (Å²) in [5.74, 6) is -0.234. The van der Waals surface area contributed by atoms with Crippen LogP contribution in [-0.4, -0.2) is 22.6 Å². The number of aromatic nitrogens is 1. The molecule has 0 saturated heterocycles. The molecule has 0 aliphatic rings. The second-order valence-corrected chi connectivity index (χ2v) is 6.31. The van der Waals surface area contributed by atoms with Gasteiger partial charge in [-0.05, 0) is 56.7 Å². The largest absolute Gasteiger partial charge is 0.444 e. The minimum Gasteiger partial charge on any atom is -0.444 e. The summed E-state index contributed by atoms with van der Waals surface area (Å²) in [5.41, 5.74) is 1.59. The number of hydrogen-bond donors (Lipinski definition) is 2. The molecule has 130 valence electrons. The molecule has 0 aliphatic heterocycles. The van der Waals surface area contributed by atoms with Crippen LogP contribution in [0.1, 0.15) is 26.3 Å². The monoisotopic (exact) mass is 339 g/mol. The number of carbonyl (C=O) groups is 2. The summed E-state index contributed by atoms with van der Waals surface area (Å²) in [5, 5.41) is 5.38. The van der Waals surface area contributed by atoms with Gasteiger partial charge in [-0.15, -0.1) is 0 Å². The second kappa shape index (κ2) is 8.10. The zero-order valence-electron chi connectivity index (χ0n) is 14.4. The maximum atomic E-state index is 11.8. The van der Waals surface area contributed by atoms with E-state index in [1.807, 2.05) is 0 Å². The van der Waals surface area contributed by atoms with E-state index in [1.54, 1.807) is 75.6 Å². The van der Waals surface area contributed by atoms with E-state index in [-0.39, 0.29) is 5.91 Å². The smallest absolute Gasteiger partial charge is 0.412 e. The highest BCUT2D eigenvalue weighted by Gasteiger charge is 2.15. The predicted octanol–water partition coefficient (Wildman–Crippen LogP) is 4.08. The number of hydrogen-bond acceptors (Lipinski definition) is 4. The fourth-order valence-corrected chi connectivity index (χ4v) is 1.89. The molecule has 2 rings (SSSR count). The maximum Gasteiger partial charge on any atom is 0.412 e. The van der Waals surface area contributed by atoms with Gasteiger partial charge in [-0.25, -0.2) is 4.79 Å². The summed E-state index contributed by atoms with van der Waals surface area (Å²) in [4.78, 5) is 27.4. The van der Waals surface area contributed by atoms with Crippen molar-refractivity contribution >= 4 is 29.5 Å². The number of anilines is 2. The van der Waals surface area contributed by atoms with Crippen molar-refractivity contribution in [2.75, 3.05) is 10.6 Å². The number of ether oxygens (including phenoxy) is 1. The van der Waals surface area contributed by atoms with Gasteiger partial charge in [0, 0.05) is 29.8 Å². The van der Waals surface area contributed by atoms with Crippen molar-refractivity contribution in [3.05, 3.63) is 60.4 Å². The third-order valence-electron chi connectivity index (χ3n) is 2.93. The average Bonchev–Trinajstić information content (AvgIpc) is 2.53. The Morgan fingerprint density at radius 1 is 0.960 bits per heavy atom. The van der Waals surface area contributed by atoms with Gasteiger partial charge in [0.05, 0.1) is 0 Å². The van der Waals surface area contributed by atoms with Gasteiger partial charge in [0.25, 0.3) is 0 Å². The molecule has 0 atom stereocenters. The van der Waals surface area contributed by atoms with Crippen LogP contribution < -0.4 is 10.6 Å². The van der Waals surface area contributed by atoms with E-state index in [1.165, 1.54) is 6.08 Å². The third-order valence-corrected chi connectivity index (χ3v) is 2.93. The van der Waals surface area contributed by atoms with Crippen molar-refractivity contribution in [1.29, 1.82) is 0 Å². The molecular weight excluding hydrogens is 318 g/mol. The molecule has 25 heavy (non-hydrogen) atoms. The first kappa shape index (κ1) is 18.2. The number of benzene rings is 1. The molecule has 0 spiro atoms. The zero-order chi connectivity index (χ0) is 18.3. The highest BCUT2D eigenvalue weighted by atomic mass is 16.6. The standard InChI is InChI=1S/C19H21N3O3/c1-19(2,3)25-18(24)22-15-7-4-14(5-8-15)6-9-17(23)21-16-10-12-20-13-11-16/h4-13H,1-3H3,(H,22,24)(H,20,21,23)/b9-6+. The first-order chi connectivity index (χ1) is 11.8. The van der Waals surface area contributed by atoms with E-state index in [2.05, 4.69) is 15.6 Å². The molecule has 0 radical (unpaired) electrons. The Labute approximate surface area is 146 Å². The van der Waals surface area contributed by atoms with Crippen LogP contribution in [0, 0.1) is 0 Å². The van der Waals surface area contributed by atoms with Gasteiger partial charge in [-0.2, -0.15) is 0 Å². The predicted molar refractivity (Wildman–Crippen MR) is 98.2 cm³/mol. The minimum absolute atomic E-state index is 0.234. The lowest BCUT2D eigenvalue weighted by Crippen LogP contribution is -2.27. The number of pyridine rings is 1. The maximum absolute atomic E-state index is 11.8. The van der Waals surface area contributed by atoms with Crippen LogP contribution in [0.15, 0.2) is 54.9 Å².